The average molecular weight is 152 g/mol. The highest BCUT2D eigenvalue weighted by Gasteiger charge is 2.31. The summed E-state index contributed by atoms with van der Waals surface area (Å²) in [5, 5.41) is 1.93. The van der Waals surface area contributed by atoms with Crippen molar-refractivity contribution < 1.29 is 0 Å². The Bertz CT molecular complexity index is 196. The Kier molecular flexibility index (Phi) is 1.64. The molecule has 2 nitrogen and oxygen atoms in total. The van der Waals surface area contributed by atoms with Crippen LogP contribution in [0.15, 0.2) is 11.3 Å². The lowest BCUT2D eigenvalue weighted by atomic mass is 10.0. The molecule has 62 valence electrons. The van der Waals surface area contributed by atoms with E-state index in [0.29, 0.717) is 0 Å². The Hall–Kier alpha value is -0.500. The predicted molar refractivity (Wildman–Crippen MR) is 45.6 cm³/mol. The molecule has 2 N–H and O–H groups in total. The van der Waals surface area contributed by atoms with Crippen LogP contribution in [0, 0.1) is 5.92 Å². The zero-order valence-electron chi connectivity index (χ0n) is 7.14. The Labute approximate surface area is 68.0 Å². The quantitative estimate of drug-likeness (QED) is 0.481. The smallest absolute Gasteiger partial charge is 0.0310 e. The fraction of sp³-hybridized carbons (Fsp3) is 0.778. The molecule has 0 aliphatic heterocycles. The van der Waals surface area contributed by atoms with Crippen molar-refractivity contribution in [2.24, 2.45) is 11.8 Å². The SMILES string of the molecule is CCN(N)C1=C2CCC(C2)C1. The van der Waals surface area contributed by atoms with Crippen LogP contribution in [0.25, 0.3) is 0 Å². The first-order valence-corrected chi connectivity index (χ1v) is 4.54. The minimum absolute atomic E-state index is 0.942. The van der Waals surface area contributed by atoms with Crippen LogP contribution in [0.4, 0.5) is 0 Å². The molecule has 0 amide bonds. The molecule has 2 rings (SSSR count). The maximum absolute atomic E-state index is 5.84. The van der Waals surface area contributed by atoms with E-state index >= 15 is 0 Å². The molecule has 1 unspecified atom stereocenters. The van der Waals surface area contributed by atoms with Gasteiger partial charge in [-0.3, -0.25) is 0 Å². The van der Waals surface area contributed by atoms with Crippen LogP contribution in [-0.2, 0) is 0 Å². The highest BCUT2D eigenvalue weighted by molar-refractivity contribution is 5.24. The highest BCUT2D eigenvalue weighted by atomic mass is 15.4. The lowest BCUT2D eigenvalue weighted by molar-refractivity contribution is 0.346. The fourth-order valence-electron chi connectivity index (χ4n) is 2.30. The van der Waals surface area contributed by atoms with Gasteiger partial charge in [-0.25, -0.2) is 5.84 Å². The molecule has 0 aromatic carbocycles. The van der Waals surface area contributed by atoms with E-state index in [-0.39, 0.29) is 0 Å². The maximum atomic E-state index is 5.84. The third kappa shape index (κ3) is 1.06. The maximum Gasteiger partial charge on any atom is 0.0310 e. The molecule has 0 aromatic heterocycles. The standard InChI is InChI=1S/C9H16N2/c1-2-11(10)9-6-7-3-4-8(9)5-7/h7H,2-6,10H2,1H3. The van der Waals surface area contributed by atoms with Gasteiger partial charge in [-0.2, -0.15) is 0 Å². The molecule has 0 heterocycles. The number of rotatable bonds is 2. The van der Waals surface area contributed by atoms with Crippen LogP contribution in [0.2, 0.25) is 0 Å². The van der Waals surface area contributed by atoms with Gasteiger partial charge in [-0.05, 0) is 44.1 Å². The monoisotopic (exact) mass is 152 g/mol. The van der Waals surface area contributed by atoms with E-state index in [9.17, 15) is 0 Å². The summed E-state index contributed by atoms with van der Waals surface area (Å²) in [5.74, 6) is 6.78. The first kappa shape index (κ1) is 7.17. The summed E-state index contributed by atoms with van der Waals surface area (Å²) in [7, 11) is 0. The van der Waals surface area contributed by atoms with E-state index < -0.39 is 0 Å². The van der Waals surface area contributed by atoms with Crippen molar-refractivity contribution in [3.05, 3.63) is 11.3 Å². The van der Waals surface area contributed by atoms with E-state index in [4.69, 9.17) is 5.84 Å². The summed E-state index contributed by atoms with van der Waals surface area (Å²) in [6.45, 7) is 3.06. The van der Waals surface area contributed by atoms with Gasteiger partial charge in [0.15, 0.2) is 0 Å². The van der Waals surface area contributed by atoms with Gasteiger partial charge >= 0.3 is 0 Å². The van der Waals surface area contributed by atoms with E-state index in [0.717, 1.165) is 12.5 Å². The summed E-state index contributed by atoms with van der Waals surface area (Å²) in [6.07, 6.45) is 5.31. The van der Waals surface area contributed by atoms with Crippen LogP contribution in [0.5, 0.6) is 0 Å². The van der Waals surface area contributed by atoms with Gasteiger partial charge in [-0.1, -0.05) is 0 Å². The minimum atomic E-state index is 0.942. The van der Waals surface area contributed by atoms with E-state index in [1.54, 1.807) is 5.57 Å². The third-order valence-electron chi connectivity index (χ3n) is 2.97. The number of hydrogen-bond donors (Lipinski definition) is 1. The summed E-state index contributed by atoms with van der Waals surface area (Å²) < 4.78 is 0. The lowest BCUT2D eigenvalue weighted by Crippen LogP contribution is -2.30. The number of nitrogens with two attached hydrogens (primary N) is 1. The Balaban J connectivity index is 2.14. The molecule has 1 atom stereocenters. The van der Waals surface area contributed by atoms with Gasteiger partial charge in [0.05, 0.1) is 0 Å². The Morgan fingerprint density at radius 2 is 2.36 bits per heavy atom. The van der Waals surface area contributed by atoms with Crippen molar-refractivity contribution in [2.45, 2.75) is 32.6 Å². The van der Waals surface area contributed by atoms with E-state index in [1.165, 1.54) is 31.4 Å². The normalized spacial score (nSPS) is 28.4. The molecule has 2 bridgehead atoms. The average Bonchev–Trinajstić information content (AvgIpc) is 2.62. The Morgan fingerprint density at radius 3 is 2.82 bits per heavy atom. The molecule has 2 aliphatic rings. The zero-order chi connectivity index (χ0) is 7.84. The first-order valence-electron chi connectivity index (χ1n) is 4.54. The van der Waals surface area contributed by atoms with Crippen molar-refractivity contribution in [1.29, 1.82) is 0 Å². The predicted octanol–water partition coefficient (Wildman–Crippen LogP) is 1.64. The van der Waals surface area contributed by atoms with Crippen LogP contribution >= 0.6 is 0 Å². The molecule has 1 fully saturated rings. The van der Waals surface area contributed by atoms with Crippen LogP contribution in [0.1, 0.15) is 32.6 Å². The molecule has 11 heavy (non-hydrogen) atoms. The molecule has 0 saturated heterocycles. The lowest BCUT2D eigenvalue weighted by Gasteiger charge is -2.22. The number of hydrazine groups is 1. The second-order valence-corrected chi connectivity index (χ2v) is 3.65. The summed E-state index contributed by atoms with van der Waals surface area (Å²) in [4.78, 5) is 0. The van der Waals surface area contributed by atoms with Gasteiger partial charge in [0.1, 0.15) is 0 Å². The van der Waals surface area contributed by atoms with Crippen LogP contribution < -0.4 is 5.84 Å². The topological polar surface area (TPSA) is 29.3 Å². The van der Waals surface area contributed by atoms with Crippen molar-refractivity contribution in [3.8, 4) is 0 Å². The van der Waals surface area contributed by atoms with Crippen molar-refractivity contribution in [2.75, 3.05) is 6.54 Å². The minimum Gasteiger partial charge on any atom is -0.315 e. The molecule has 1 saturated carbocycles. The number of allylic oxidation sites excluding steroid dienone is 2. The molecule has 0 radical (unpaired) electrons. The number of fused-ring (bicyclic) bond motifs is 2. The second kappa shape index (κ2) is 2.52. The van der Waals surface area contributed by atoms with Crippen molar-refractivity contribution in [3.63, 3.8) is 0 Å². The fourth-order valence-corrected chi connectivity index (χ4v) is 2.30. The van der Waals surface area contributed by atoms with Gasteiger partial charge in [-0.15, -0.1) is 0 Å². The van der Waals surface area contributed by atoms with Crippen LogP contribution in [0.3, 0.4) is 0 Å². The van der Waals surface area contributed by atoms with E-state index in [1.807, 2.05) is 5.01 Å². The zero-order valence-corrected chi connectivity index (χ0v) is 7.14. The summed E-state index contributed by atoms with van der Waals surface area (Å²) in [5.41, 5.74) is 3.09. The molecular weight excluding hydrogens is 136 g/mol. The van der Waals surface area contributed by atoms with Gasteiger partial charge in [0.2, 0.25) is 0 Å². The molecular formula is C9H16N2. The first-order chi connectivity index (χ1) is 5.31. The summed E-state index contributed by atoms with van der Waals surface area (Å²) in [6, 6.07) is 0. The highest BCUT2D eigenvalue weighted by Crippen LogP contribution is 2.44. The largest absolute Gasteiger partial charge is 0.315 e. The third-order valence-corrected chi connectivity index (χ3v) is 2.97. The second-order valence-electron chi connectivity index (χ2n) is 3.65. The van der Waals surface area contributed by atoms with Crippen molar-refractivity contribution in [1.82, 2.24) is 5.01 Å². The van der Waals surface area contributed by atoms with Crippen molar-refractivity contribution >= 4 is 0 Å². The number of nitrogens with zero attached hydrogens (tertiary/aromatic N) is 1. The van der Waals surface area contributed by atoms with Gasteiger partial charge in [0.25, 0.3) is 0 Å². The van der Waals surface area contributed by atoms with Crippen LogP contribution in [-0.4, -0.2) is 11.6 Å². The Morgan fingerprint density at radius 1 is 1.55 bits per heavy atom. The van der Waals surface area contributed by atoms with Gasteiger partial charge in [0, 0.05) is 12.2 Å². The molecule has 0 aromatic rings. The molecule has 2 heteroatoms. The molecule has 0 spiro atoms. The molecule has 2 aliphatic carbocycles. The number of hydrogen-bond acceptors (Lipinski definition) is 2. The van der Waals surface area contributed by atoms with E-state index in [2.05, 4.69) is 6.92 Å². The summed E-state index contributed by atoms with van der Waals surface area (Å²) >= 11 is 0. The van der Waals surface area contributed by atoms with Gasteiger partial charge < -0.3 is 5.01 Å².